The summed E-state index contributed by atoms with van der Waals surface area (Å²) in [7, 11) is 0. The topological polar surface area (TPSA) is 88.1 Å². The highest BCUT2D eigenvalue weighted by Crippen LogP contribution is 2.34. The highest BCUT2D eigenvalue weighted by molar-refractivity contribution is 5.84. The minimum atomic E-state index is -0.906. The Kier molecular flexibility index (Phi) is 4.89. The smallest absolute Gasteiger partial charge is 0.320 e. The Morgan fingerprint density at radius 1 is 1.25 bits per heavy atom. The van der Waals surface area contributed by atoms with Crippen molar-refractivity contribution in [2.75, 3.05) is 19.8 Å². The van der Waals surface area contributed by atoms with Gasteiger partial charge in [0.25, 0.3) is 0 Å². The van der Waals surface area contributed by atoms with Gasteiger partial charge in [0.1, 0.15) is 19.3 Å². The van der Waals surface area contributed by atoms with Crippen molar-refractivity contribution >= 4 is 11.9 Å². The fourth-order valence-electron chi connectivity index (χ4n) is 3.16. The lowest BCUT2D eigenvalue weighted by Crippen LogP contribution is -2.46. The average molecular weight is 334 g/mol. The second kappa shape index (κ2) is 7.09. The molecule has 1 fully saturated rings. The average Bonchev–Trinajstić information content (AvgIpc) is 3.09. The highest BCUT2D eigenvalue weighted by atomic mass is 16.6. The van der Waals surface area contributed by atoms with E-state index in [1.54, 1.807) is 4.90 Å². The Morgan fingerprint density at radius 3 is 2.71 bits per heavy atom. The first-order valence-corrected chi connectivity index (χ1v) is 8.25. The normalized spacial score (nSPS) is 22.2. The highest BCUT2D eigenvalue weighted by Gasteiger charge is 2.35. The third-order valence-electron chi connectivity index (χ3n) is 4.44. The molecule has 0 saturated carbocycles. The minimum Gasteiger partial charge on any atom is -0.486 e. The van der Waals surface area contributed by atoms with Crippen LogP contribution in [0, 0.1) is 0 Å². The lowest BCUT2D eigenvalue weighted by molar-refractivity contribution is -0.139. The van der Waals surface area contributed by atoms with Crippen molar-refractivity contribution in [3.63, 3.8) is 0 Å². The van der Waals surface area contributed by atoms with E-state index in [2.05, 4.69) is 5.32 Å². The molecule has 1 aromatic rings. The number of carbonyl (C=O) groups excluding carboxylic acids is 1. The molecule has 3 rings (SSSR count). The zero-order valence-corrected chi connectivity index (χ0v) is 13.7. The number of likely N-dealkylation sites (N-methyl/N-ethyl adjacent to an activating group) is 1. The van der Waals surface area contributed by atoms with Gasteiger partial charge < -0.3 is 19.5 Å². The van der Waals surface area contributed by atoms with Crippen molar-refractivity contribution in [2.45, 2.75) is 38.4 Å². The van der Waals surface area contributed by atoms with E-state index >= 15 is 0 Å². The molecule has 1 aromatic carbocycles. The first-order valence-electron chi connectivity index (χ1n) is 8.25. The number of benzene rings is 1. The molecule has 2 heterocycles. The van der Waals surface area contributed by atoms with E-state index in [0.717, 1.165) is 5.56 Å². The largest absolute Gasteiger partial charge is 0.486 e. The number of carboxylic acids is 1. The zero-order chi connectivity index (χ0) is 17.1. The van der Waals surface area contributed by atoms with Crippen molar-refractivity contribution in [1.29, 1.82) is 0 Å². The Bertz CT molecular complexity index is 633. The van der Waals surface area contributed by atoms with Crippen molar-refractivity contribution in [2.24, 2.45) is 0 Å². The number of nitrogens with zero attached hydrogens (tertiary/aromatic N) is 1. The lowest BCUT2D eigenvalue weighted by atomic mass is 10.1. The maximum Gasteiger partial charge on any atom is 0.320 e. The summed E-state index contributed by atoms with van der Waals surface area (Å²) < 4.78 is 11.3. The fourth-order valence-corrected chi connectivity index (χ4v) is 3.16. The lowest BCUT2D eigenvalue weighted by Gasteiger charge is -2.27. The Hall–Kier alpha value is -2.28. The second-order valence-electron chi connectivity index (χ2n) is 5.98. The van der Waals surface area contributed by atoms with E-state index in [4.69, 9.17) is 14.6 Å². The number of carbonyl (C=O) groups is 2. The van der Waals surface area contributed by atoms with Crippen LogP contribution in [0.2, 0.25) is 0 Å². The van der Waals surface area contributed by atoms with Crippen molar-refractivity contribution in [3.8, 4) is 11.5 Å². The third kappa shape index (κ3) is 3.31. The number of aliphatic carboxylic acids is 1. The van der Waals surface area contributed by atoms with Crippen LogP contribution in [0.15, 0.2) is 18.2 Å². The molecule has 1 saturated heterocycles. The van der Waals surface area contributed by atoms with Crippen LogP contribution in [0.25, 0.3) is 0 Å². The van der Waals surface area contributed by atoms with Gasteiger partial charge in [0.2, 0.25) is 5.91 Å². The number of nitrogens with one attached hydrogen (secondary N) is 1. The molecule has 2 aliphatic heterocycles. The molecular formula is C17H22N2O5. The molecule has 0 spiro atoms. The van der Waals surface area contributed by atoms with E-state index in [-0.39, 0.29) is 5.91 Å². The van der Waals surface area contributed by atoms with Crippen molar-refractivity contribution in [3.05, 3.63) is 23.8 Å². The molecule has 24 heavy (non-hydrogen) atoms. The summed E-state index contributed by atoms with van der Waals surface area (Å²) in [6.45, 7) is 3.88. The van der Waals surface area contributed by atoms with E-state index in [9.17, 15) is 9.59 Å². The summed E-state index contributed by atoms with van der Waals surface area (Å²) in [6, 6.07) is 4.58. The van der Waals surface area contributed by atoms with Gasteiger partial charge in [0.15, 0.2) is 11.5 Å². The first kappa shape index (κ1) is 16.6. The Morgan fingerprint density at radius 2 is 2.00 bits per heavy atom. The van der Waals surface area contributed by atoms with Crippen LogP contribution in [-0.2, 0) is 16.1 Å². The second-order valence-corrected chi connectivity index (χ2v) is 5.98. The van der Waals surface area contributed by atoms with Crippen LogP contribution in [0.3, 0.4) is 0 Å². The summed E-state index contributed by atoms with van der Waals surface area (Å²) >= 11 is 0. The molecule has 2 N–H and O–H groups in total. The van der Waals surface area contributed by atoms with Gasteiger partial charge in [0.05, 0.1) is 6.04 Å². The molecule has 2 atom stereocenters. The van der Waals surface area contributed by atoms with Crippen LogP contribution in [0.4, 0.5) is 0 Å². The summed E-state index contributed by atoms with van der Waals surface area (Å²) in [5.41, 5.74) is 0.898. The zero-order valence-electron chi connectivity index (χ0n) is 13.7. The molecular weight excluding hydrogens is 312 g/mol. The number of para-hydroxylation sites is 1. The van der Waals surface area contributed by atoms with Crippen LogP contribution < -0.4 is 14.8 Å². The number of ether oxygens (including phenoxy) is 2. The number of carboxylic acid groups (broad SMARTS) is 1. The number of hydrogen-bond acceptors (Lipinski definition) is 5. The van der Waals surface area contributed by atoms with Gasteiger partial charge in [-0.2, -0.15) is 0 Å². The fraction of sp³-hybridized carbons (Fsp3) is 0.529. The quantitative estimate of drug-likeness (QED) is 0.836. The van der Waals surface area contributed by atoms with Gasteiger partial charge in [0, 0.05) is 18.7 Å². The molecule has 0 aromatic heterocycles. The SMILES string of the molecule is CCN(Cc1cccc2c1OCCO2)C(=O)[C@H]1CC[C@@H](C(=O)O)N1. The maximum atomic E-state index is 12.7. The minimum absolute atomic E-state index is 0.0735. The molecule has 0 unspecified atom stereocenters. The molecule has 0 radical (unpaired) electrons. The Labute approximate surface area is 140 Å². The van der Waals surface area contributed by atoms with E-state index < -0.39 is 18.1 Å². The number of rotatable bonds is 5. The molecule has 0 aliphatic carbocycles. The summed E-state index contributed by atoms with van der Waals surface area (Å²) in [5, 5.41) is 12.0. The van der Waals surface area contributed by atoms with Crippen LogP contribution in [-0.4, -0.2) is 53.7 Å². The molecule has 2 aliphatic rings. The molecule has 7 heteroatoms. The summed E-state index contributed by atoms with van der Waals surface area (Å²) in [5.74, 6) is 0.414. The standard InChI is InChI=1S/C17H22N2O5/c1-2-19(16(20)12-6-7-13(18-12)17(21)22)10-11-4-3-5-14-15(11)24-9-8-23-14/h3-5,12-13,18H,2,6-10H2,1H3,(H,21,22)/t12-,13+/m1/s1. The number of hydrogen-bond donors (Lipinski definition) is 2. The first-order chi connectivity index (χ1) is 11.6. The summed E-state index contributed by atoms with van der Waals surface area (Å²) in [4.78, 5) is 25.5. The molecule has 7 nitrogen and oxygen atoms in total. The van der Waals surface area contributed by atoms with Crippen molar-refractivity contribution < 1.29 is 24.2 Å². The number of amides is 1. The summed E-state index contributed by atoms with van der Waals surface area (Å²) in [6.07, 6.45) is 1.01. The van der Waals surface area contributed by atoms with E-state index in [1.165, 1.54) is 0 Å². The van der Waals surface area contributed by atoms with Gasteiger partial charge in [-0.05, 0) is 25.8 Å². The predicted molar refractivity (Wildman–Crippen MR) is 86.1 cm³/mol. The third-order valence-corrected chi connectivity index (χ3v) is 4.44. The monoisotopic (exact) mass is 334 g/mol. The van der Waals surface area contributed by atoms with Crippen molar-refractivity contribution in [1.82, 2.24) is 10.2 Å². The van der Waals surface area contributed by atoms with Gasteiger partial charge in [-0.15, -0.1) is 0 Å². The van der Waals surface area contributed by atoms with Crippen LogP contribution in [0.1, 0.15) is 25.3 Å². The maximum absolute atomic E-state index is 12.7. The van der Waals surface area contributed by atoms with Gasteiger partial charge in [-0.3, -0.25) is 14.9 Å². The molecule has 0 bridgehead atoms. The van der Waals surface area contributed by atoms with Crippen LogP contribution in [0.5, 0.6) is 11.5 Å². The molecule has 130 valence electrons. The predicted octanol–water partition coefficient (Wildman–Crippen LogP) is 1.01. The van der Waals surface area contributed by atoms with Gasteiger partial charge in [-0.1, -0.05) is 12.1 Å². The van der Waals surface area contributed by atoms with Crippen LogP contribution >= 0.6 is 0 Å². The molecule has 1 amide bonds. The number of fused-ring (bicyclic) bond motifs is 1. The van der Waals surface area contributed by atoms with E-state index in [0.29, 0.717) is 50.6 Å². The Balaban J connectivity index is 1.71. The van der Waals surface area contributed by atoms with Gasteiger partial charge >= 0.3 is 5.97 Å². The van der Waals surface area contributed by atoms with Gasteiger partial charge in [-0.25, -0.2) is 0 Å². The van der Waals surface area contributed by atoms with E-state index in [1.807, 2.05) is 25.1 Å².